The number of hydrogen-bond acceptors (Lipinski definition) is 3. The van der Waals surface area contributed by atoms with Crippen molar-refractivity contribution < 1.29 is 13.9 Å². The second kappa shape index (κ2) is 10.9. The number of nitrogens with two attached hydrogens (primary N) is 1. The van der Waals surface area contributed by atoms with Crippen LogP contribution in [0.5, 0.6) is 0 Å². The van der Waals surface area contributed by atoms with Crippen LogP contribution in [0, 0.1) is 19.7 Å². The van der Waals surface area contributed by atoms with Crippen LogP contribution in [0.15, 0.2) is 43.0 Å². The van der Waals surface area contributed by atoms with Crippen LogP contribution in [0.2, 0.25) is 0 Å². The normalized spacial score (nSPS) is 11.9. The molecule has 2 aromatic carbocycles. The minimum absolute atomic E-state index is 0.0461. The molecule has 0 amide bonds. The van der Waals surface area contributed by atoms with Crippen molar-refractivity contribution >= 4 is 5.97 Å². The molecular formula is C25H32FNO2. The molecule has 0 spiro atoms. The van der Waals surface area contributed by atoms with Gasteiger partial charge in [0.1, 0.15) is 5.82 Å². The summed E-state index contributed by atoms with van der Waals surface area (Å²) in [5.41, 5.74) is 12.2. The molecule has 0 aliphatic rings. The van der Waals surface area contributed by atoms with Gasteiger partial charge in [0.25, 0.3) is 0 Å². The van der Waals surface area contributed by atoms with Crippen LogP contribution in [-0.4, -0.2) is 12.6 Å². The van der Waals surface area contributed by atoms with Crippen molar-refractivity contribution in [1.29, 1.82) is 0 Å². The molecule has 0 saturated carbocycles. The summed E-state index contributed by atoms with van der Waals surface area (Å²) in [5.74, 6) is -0.818. The summed E-state index contributed by atoms with van der Waals surface area (Å²) in [6.45, 7) is 9.98. The van der Waals surface area contributed by atoms with Gasteiger partial charge in [-0.3, -0.25) is 4.79 Å². The zero-order chi connectivity index (χ0) is 21.4. The highest BCUT2D eigenvalue weighted by atomic mass is 19.1. The van der Waals surface area contributed by atoms with E-state index in [4.69, 9.17) is 10.5 Å². The van der Waals surface area contributed by atoms with Gasteiger partial charge in [-0.1, -0.05) is 29.8 Å². The number of carbonyl (C=O) groups excluding carboxylic acids is 1. The van der Waals surface area contributed by atoms with E-state index in [1.54, 1.807) is 19.1 Å². The maximum absolute atomic E-state index is 14.5. The van der Waals surface area contributed by atoms with E-state index in [9.17, 15) is 9.18 Å². The molecule has 0 unspecified atom stereocenters. The number of unbranched alkanes of at least 4 members (excludes halogenated alkanes) is 2. The number of esters is 1. The maximum Gasteiger partial charge on any atom is 0.307 e. The Hall–Kier alpha value is -2.46. The van der Waals surface area contributed by atoms with Gasteiger partial charge in [-0.15, -0.1) is 6.58 Å². The molecule has 0 aliphatic heterocycles. The largest absolute Gasteiger partial charge is 0.466 e. The van der Waals surface area contributed by atoms with Crippen molar-refractivity contribution in [2.75, 3.05) is 6.61 Å². The average Bonchev–Trinajstić information content (AvgIpc) is 2.65. The molecule has 4 heteroatoms. The van der Waals surface area contributed by atoms with Gasteiger partial charge >= 0.3 is 5.97 Å². The van der Waals surface area contributed by atoms with Crippen molar-refractivity contribution in [2.24, 2.45) is 5.73 Å². The number of ether oxygens (including phenoxy) is 1. The van der Waals surface area contributed by atoms with Crippen molar-refractivity contribution in [3.63, 3.8) is 0 Å². The van der Waals surface area contributed by atoms with Crippen LogP contribution in [0.3, 0.4) is 0 Å². The summed E-state index contributed by atoms with van der Waals surface area (Å²) in [4.78, 5) is 11.8. The minimum Gasteiger partial charge on any atom is -0.466 e. The zero-order valence-electron chi connectivity index (χ0n) is 17.8. The Bertz CT molecular complexity index is 860. The Kier molecular flexibility index (Phi) is 8.59. The van der Waals surface area contributed by atoms with E-state index in [1.807, 2.05) is 6.08 Å². The average molecular weight is 398 g/mol. The van der Waals surface area contributed by atoms with Gasteiger partial charge in [-0.2, -0.15) is 0 Å². The smallest absolute Gasteiger partial charge is 0.307 e. The molecule has 1 atom stereocenters. The topological polar surface area (TPSA) is 52.3 Å². The standard InChI is InChI=1S/C25H32FNO2/c1-5-7-8-9-10-19-14-17(3)13-18(4)25(19)20-11-12-22(26)21(15-20)23(27)16-24(28)29-6-2/h5,11-15,23H,1,6-10,16,27H2,2-4H3/t23-/m0/s1. The van der Waals surface area contributed by atoms with Crippen LogP contribution < -0.4 is 5.73 Å². The van der Waals surface area contributed by atoms with Gasteiger partial charge < -0.3 is 10.5 Å². The predicted molar refractivity (Wildman–Crippen MR) is 117 cm³/mol. The van der Waals surface area contributed by atoms with Crippen molar-refractivity contribution in [2.45, 2.75) is 58.9 Å². The maximum atomic E-state index is 14.5. The number of hydrogen-bond donors (Lipinski definition) is 1. The summed E-state index contributed by atoms with van der Waals surface area (Å²) < 4.78 is 19.4. The molecule has 0 aliphatic carbocycles. The molecule has 29 heavy (non-hydrogen) atoms. The third-order valence-electron chi connectivity index (χ3n) is 5.04. The van der Waals surface area contributed by atoms with E-state index in [0.29, 0.717) is 5.56 Å². The molecule has 0 radical (unpaired) electrons. The van der Waals surface area contributed by atoms with Crippen LogP contribution in [-0.2, 0) is 16.0 Å². The third kappa shape index (κ3) is 6.26. The fraction of sp³-hybridized carbons (Fsp3) is 0.400. The molecule has 3 nitrogen and oxygen atoms in total. The Balaban J connectivity index is 2.38. The Morgan fingerprint density at radius 2 is 2.00 bits per heavy atom. The first kappa shape index (κ1) is 22.8. The highest BCUT2D eigenvalue weighted by Crippen LogP contribution is 2.33. The van der Waals surface area contributed by atoms with E-state index in [2.05, 4.69) is 32.6 Å². The highest BCUT2D eigenvalue weighted by Gasteiger charge is 2.18. The van der Waals surface area contributed by atoms with Crippen LogP contribution in [0.1, 0.15) is 60.9 Å². The van der Waals surface area contributed by atoms with Crippen LogP contribution in [0.25, 0.3) is 11.1 Å². The molecule has 0 fully saturated rings. The number of allylic oxidation sites excluding steroid dienone is 1. The quantitative estimate of drug-likeness (QED) is 0.306. The van der Waals surface area contributed by atoms with Gasteiger partial charge in [0.05, 0.1) is 13.0 Å². The monoisotopic (exact) mass is 397 g/mol. The lowest BCUT2D eigenvalue weighted by Gasteiger charge is -2.18. The van der Waals surface area contributed by atoms with Gasteiger partial charge in [0.15, 0.2) is 0 Å². The number of benzene rings is 2. The molecule has 2 N–H and O–H groups in total. The summed E-state index contributed by atoms with van der Waals surface area (Å²) in [6.07, 6.45) is 6.01. The van der Waals surface area contributed by atoms with E-state index in [-0.39, 0.29) is 13.0 Å². The van der Waals surface area contributed by atoms with Crippen molar-refractivity contribution in [3.8, 4) is 11.1 Å². The second-order valence-corrected chi connectivity index (χ2v) is 7.50. The first-order valence-corrected chi connectivity index (χ1v) is 10.3. The van der Waals surface area contributed by atoms with E-state index < -0.39 is 17.8 Å². The van der Waals surface area contributed by atoms with Gasteiger partial charge in [0, 0.05) is 11.6 Å². The molecular weight excluding hydrogens is 365 g/mol. The third-order valence-corrected chi connectivity index (χ3v) is 5.04. The molecule has 0 heterocycles. The van der Waals surface area contributed by atoms with Crippen molar-refractivity contribution in [3.05, 3.63) is 71.1 Å². The Labute approximate surface area is 173 Å². The summed E-state index contributed by atoms with van der Waals surface area (Å²) in [7, 11) is 0. The van der Waals surface area contributed by atoms with E-state index in [1.165, 1.54) is 17.2 Å². The van der Waals surface area contributed by atoms with Crippen LogP contribution >= 0.6 is 0 Å². The number of carbonyl (C=O) groups is 1. The van der Waals surface area contributed by atoms with Gasteiger partial charge in [0.2, 0.25) is 0 Å². The first-order valence-electron chi connectivity index (χ1n) is 10.3. The number of rotatable bonds is 10. The molecule has 156 valence electrons. The second-order valence-electron chi connectivity index (χ2n) is 7.50. The lowest BCUT2D eigenvalue weighted by molar-refractivity contribution is -0.143. The lowest BCUT2D eigenvalue weighted by atomic mass is 9.88. The SMILES string of the molecule is C=CCCCCc1cc(C)cc(C)c1-c1ccc(F)c([C@@H](N)CC(=O)OCC)c1. The summed E-state index contributed by atoms with van der Waals surface area (Å²) in [5, 5.41) is 0. The fourth-order valence-corrected chi connectivity index (χ4v) is 3.76. The molecule has 0 aromatic heterocycles. The summed E-state index contributed by atoms with van der Waals surface area (Å²) in [6, 6.07) is 8.62. The Morgan fingerprint density at radius 3 is 2.69 bits per heavy atom. The van der Waals surface area contributed by atoms with E-state index >= 15 is 0 Å². The predicted octanol–water partition coefficient (Wildman–Crippen LogP) is 5.96. The lowest BCUT2D eigenvalue weighted by Crippen LogP contribution is -2.18. The van der Waals surface area contributed by atoms with Crippen LogP contribution in [0.4, 0.5) is 4.39 Å². The van der Waals surface area contributed by atoms with E-state index in [0.717, 1.165) is 42.4 Å². The van der Waals surface area contributed by atoms with Gasteiger partial charge in [-0.25, -0.2) is 4.39 Å². The molecule has 0 bridgehead atoms. The Morgan fingerprint density at radius 1 is 1.24 bits per heavy atom. The van der Waals surface area contributed by atoms with Gasteiger partial charge in [-0.05, 0) is 80.8 Å². The molecule has 2 rings (SSSR count). The summed E-state index contributed by atoms with van der Waals surface area (Å²) >= 11 is 0. The molecule has 2 aromatic rings. The first-order chi connectivity index (χ1) is 13.9. The highest BCUT2D eigenvalue weighted by molar-refractivity contribution is 5.73. The van der Waals surface area contributed by atoms with Crippen molar-refractivity contribution in [1.82, 2.24) is 0 Å². The fourth-order valence-electron chi connectivity index (χ4n) is 3.76. The minimum atomic E-state index is -0.740. The number of aryl methyl sites for hydroxylation is 3. The zero-order valence-corrected chi connectivity index (χ0v) is 17.8. The molecule has 0 saturated heterocycles. The number of halogens is 1.